The molecule has 5 heteroatoms. The van der Waals surface area contributed by atoms with Crippen molar-refractivity contribution < 1.29 is 0 Å². The Labute approximate surface area is 162 Å². The highest BCUT2D eigenvalue weighted by Crippen LogP contribution is 2.49. The quantitative estimate of drug-likeness (QED) is 0.382. The van der Waals surface area contributed by atoms with E-state index in [9.17, 15) is 0 Å². The number of nitrogens with zero attached hydrogens (tertiary/aromatic N) is 1. The minimum Gasteiger partial charge on any atom is -0.399 e. The summed E-state index contributed by atoms with van der Waals surface area (Å²) in [4.78, 5) is 8.44. The normalized spacial score (nSPS) is 19.5. The molecule has 2 unspecified atom stereocenters. The number of H-pyrrole nitrogens is 1. The molecular formula is C23H19N5. The summed E-state index contributed by atoms with van der Waals surface area (Å²) in [6.45, 7) is 0. The van der Waals surface area contributed by atoms with Gasteiger partial charge in [0.05, 0.1) is 6.04 Å². The van der Waals surface area contributed by atoms with Crippen LogP contribution < -0.4 is 16.8 Å². The van der Waals surface area contributed by atoms with Crippen LogP contribution in [0.4, 0.5) is 11.4 Å². The predicted octanol–water partition coefficient (Wildman–Crippen LogP) is 4.15. The van der Waals surface area contributed by atoms with Crippen LogP contribution in [0.1, 0.15) is 28.8 Å². The van der Waals surface area contributed by atoms with Gasteiger partial charge in [0, 0.05) is 34.0 Å². The lowest BCUT2D eigenvalue weighted by atomic mass is 9.79. The topological polar surface area (TPSA) is 92.2 Å². The molecule has 0 bridgehead atoms. The number of aromatic amines is 1. The lowest BCUT2D eigenvalue weighted by molar-refractivity contribution is 0.566. The molecule has 2 heterocycles. The Hall–Kier alpha value is -3.73. The Morgan fingerprint density at radius 2 is 1.50 bits per heavy atom. The van der Waals surface area contributed by atoms with Crippen LogP contribution in [-0.4, -0.2) is 10.8 Å². The number of hydrogen-bond acceptors (Lipinski definition) is 4. The molecule has 0 saturated carbocycles. The van der Waals surface area contributed by atoms with Crippen LogP contribution in [0.2, 0.25) is 0 Å². The van der Waals surface area contributed by atoms with Gasteiger partial charge in [-0.1, -0.05) is 30.3 Å². The SMILES string of the molecule is Nc1ccc2c(c1)C1N=C(c3c[nH]c4ccccc34)NC1c1cc(N)ccc1-2. The van der Waals surface area contributed by atoms with E-state index < -0.39 is 0 Å². The highest BCUT2D eigenvalue weighted by atomic mass is 15.1. The summed E-state index contributed by atoms with van der Waals surface area (Å²) in [5, 5.41) is 4.83. The average molecular weight is 365 g/mol. The Bertz CT molecular complexity index is 1280. The summed E-state index contributed by atoms with van der Waals surface area (Å²) in [7, 11) is 0. The van der Waals surface area contributed by atoms with Crippen LogP contribution in [0, 0.1) is 0 Å². The molecule has 2 atom stereocenters. The van der Waals surface area contributed by atoms with Crippen LogP contribution in [0.3, 0.4) is 0 Å². The van der Waals surface area contributed by atoms with E-state index in [0.29, 0.717) is 0 Å². The maximum Gasteiger partial charge on any atom is 0.131 e. The van der Waals surface area contributed by atoms with Crippen molar-refractivity contribution in [2.24, 2.45) is 4.99 Å². The van der Waals surface area contributed by atoms with Crippen molar-refractivity contribution in [2.75, 3.05) is 11.5 Å². The highest BCUT2D eigenvalue weighted by Gasteiger charge is 2.39. The third kappa shape index (κ3) is 2.04. The zero-order valence-corrected chi connectivity index (χ0v) is 15.1. The third-order valence-electron chi connectivity index (χ3n) is 5.82. The Morgan fingerprint density at radius 3 is 2.32 bits per heavy atom. The average Bonchev–Trinajstić information content (AvgIpc) is 3.32. The van der Waals surface area contributed by atoms with Gasteiger partial charge in [-0.15, -0.1) is 0 Å². The summed E-state index contributed by atoms with van der Waals surface area (Å²) >= 11 is 0. The van der Waals surface area contributed by atoms with E-state index in [1.165, 1.54) is 16.7 Å². The van der Waals surface area contributed by atoms with Gasteiger partial charge in [-0.2, -0.15) is 0 Å². The van der Waals surface area contributed by atoms with Gasteiger partial charge in [0.15, 0.2) is 0 Å². The van der Waals surface area contributed by atoms with Gasteiger partial charge in [0.1, 0.15) is 11.9 Å². The van der Waals surface area contributed by atoms with Crippen LogP contribution in [0.5, 0.6) is 0 Å². The minimum absolute atomic E-state index is 0.0311. The highest BCUT2D eigenvalue weighted by molar-refractivity contribution is 6.10. The van der Waals surface area contributed by atoms with Gasteiger partial charge in [-0.25, -0.2) is 0 Å². The van der Waals surface area contributed by atoms with E-state index in [-0.39, 0.29) is 12.1 Å². The first kappa shape index (κ1) is 15.3. The minimum atomic E-state index is -0.0311. The van der Waals surface area contributed by atoms with E-state index in [1.54, 1.807) is 0 Å². The molecule has 1 aromatic heterocycles. The monoisotopic (exact) mass is 365 g/mol. The number of hydrogen-bond donors (Lipinski definition) is 4. The molecule has 0 radical (unpaired) electrons. The van der Waals surface area contributed by atoms with Gasteiger partial charge >= 0.3 is 0 Å². The third-order valence-corrected chi connectivity index (χ3v) is 5.82. The largest absolute Gasteiger partial charge is 0.399 e. The second kappa shape index (κ2) is 5.39. The van der Waals surface area contributed by atoms with Crippen LogP contribution >= 0.6 is 0 Å². The van der Waals surface area contributed by atoms with E-state index >= 15 is 0 Å². The lowest BCUT2D eigenvalue weighted by Crippen LogP contribution is -2.27. The number of nitrogen functional groups attached to an aromatic ring is 2. The summed E-state index contributed by atoms with van der Waals surface area (Å²) in [6, 6.07) is 20.5. The Balaban J connectivity index is 1.56. The Kier molecular flexibility index (Phi) is 2.95. The molecule has 136 valence electrons. The fourth-order valence-corrected chi connectivity index (χ4v) is 4.54. The molecule has 4 aromatic rings. The maximum absolute atomic E-state index is 6.12. The standard InChI is InChI=1S/C23H19N5/c24-12-5-7-14-15-8-6-13(25)10-18(15)22-21(17(14)9-12)27-23(28-22)19-11-26-20-4-2-1-3-16(19)20/h1-11,21-22,26H,24-25H2,(H,27,28). The number of para-hydroxylation sites is 1. The Morgan fingerprint density at radius 1 is 0.786 bits per heavy atom. The number of amidine groups is 1. The van der Waals surface area contributed by atoms with Crippen LogP contribution in [-0.2, 0) is 0 Å². The maximum atomic E-state index is 6.12. The molecule has 0 saturated heterocycles. The fraction of sp³-hybridized carbons (Fsp3) is 0.0870. The van der Waals surface area contributed by atoms with Gasteiger partial charge < -0.3 is 21.8 Å². The number of fused-ring (bicyclic) bond motifs is 7. The molecule has 3 aromatic carbocycles. The van der Waals surface area contributed by atoms with Gasteiger partial charge in [-0.05, 0) is 52.6 Å². The van der Waals surface area contributed by atoms with E-state index in [4.69, 9.17) is 16.5 Å². The molecule has 5 nitrogen and oxygen atoms in total. The molecule has 0 amide bonds. The predicted molar refractivity (Wildman–Crippen MR) is 114 cm³/mol. The number of benzene rings is 3. The van der Waals surface area contributed by atoms with Gasteiger partial charge in [0.25, 0.3) is 0 Å². The lowest BCUT2D eigenvalue weighted by Gasteiger charge is -2.30. The summed E-state index contributed by atoms with van der Waals surface area (Å²) in [6.07, 6.45) is 2.02. The molecule has 1 aliphatic carbocycles. The van der Waals surface area contributed by atoms with E-state index in [1.807, 2.05) is 30.5 Å². The molecule has 0 spiro atoms. The first-order chi connectivity index (χ1) is 13.7. The number of nitrogens with one attached hydrogen (secondary N) is 2. The van der Waals surface area contributed by atoms with Crippen molar-refractivity contribution in [2.45, 2.75) is 12.1 Å². The molecule has 0 fully saturated rings. The fourth-order valence-electron chi connectivity index (χ4n) is 4.54. The molecular weight excluding hydrogens is 346 g/mol. The number of aromatic nitrogens is 1. The number of anilines is 2. The van der Waals surface area contributed by atoms with E-state index in [2.05, 4.69) is 46.7 Å². The van der Waals surface area contributed by atoms with Crippen LogP contribution in [0.25, 0.3) is 22.0 Å². The molecule has 28 heavy (non-hydrogen) atoms. The van der Waals surface area contributed by atoms with Crippen molar-refractivity contribution in [3.63, 3.8) is 0 Å². The van der Waals surface area contributed by atoms with Gasteiger partial charge in [0.2, 0.25) is 0 Å². The number of nitrogens with two attached hydrogens (primary N) is 2. The van der Waals surface area contributed by atoms with Crippen molar-refractivity contribution in [3.8, 4) is 11.1 Å². The van der Waals surface area contributed by atoms with Crippen molar-refractivity contribution >= 4 is 28.1 Å². The first-order valence-corrected chi connectivity index (χ1v) is 9.39. The molecule has 6 rings (SSSR count). The van der Waals surface area contributed by atoms with Crippen LogP contribution in [0.15, 0.2) is 71.9 Å². The van der Waals surface area contributed by atoms with E-state index in [0.717, 1.165) is 39.2 Å². The first-order valence-electron chi connectivity index (χ1n) is 9.39. The second-order valence-electron chi connectivity index (χ2n) is 7.49. The van der Waals surface area contributed by atoms with Crippen molar-refractivity contribution in [1.29, 1.82) is 0 Å². The summed E-state index contributed by atoms with van der Waals surface area (Å²) < 4.78 is 0. The zero-order valence-electron chi connectivity index (χ0n) is 15.1. The van der Waals surface area contributed by atoms with Gasteiger partial charge in [-0.3, -0.25) is 4.99 Å². The molecule has 6 N–H and O–H groups in total. The molecule has 2 aliphatic rings. The smallest absolute Gasteiger partial charge is 0.131 e. The second-order valence-corrected chi connectivity index (χ2v) is 7.49. The van der Waals surface area contributed by atoms with Crippen molar-refractivity contribution in [3.05, 3.63) is 83.6 Å². The number of aliphatic imine (C=N–C) groups is 1. The zero-order chi connectivity index (χ0) is 18.8. The van der Waals surface area contributed by atoms with Crippen molar-refractivity contribution in [1.82, 2.24) is 10.3 Å². The summed E-state index contributed by atoms with van der Waals surface area (Å²) in [5.74, 6) is 0.899. The summed E-state index contributed by atoms with van der Waals surface area (Å²) in [5.41, 5.74) is 20.7. The molecule has 1 aliphatic heterocycles. The number of rotatable bonds is 1.